The maximum Gasteiger partial charge on any atom is 0.266 e. The van der Waals surface area contributed by atoms with E-state index in [9.17, 15) is 19.5 Å². The molecule has 3 amide bonds. The number of imide groups is 1. The molecule has 8 nitrogen and oxygen atoms in total. The SMILES string of the molecule is CC(=O)Nc1ccc(SC[C@H]2C[C@@H](c3ccc(CO)cc3)O[C@@H](c3ccc(N4C(=O)c5ccccc5C4=O)cc3)O2)cc1. The minimum atomic E-state index is -0.666. The predicted molar refractivity (Wildman–Crippen MR) is 164 cm³/mol. The summed E-state index contributed by atoms with van der Waals surface area (Å²) in [6.07, 6.45) is -0.411. The van der Waals surface area contributed by atoms with Gasteiger partial charge in [-0.15, -0.1) is 11.8 Å². The zero-order valence-electron chi connectivity index (χ0n) is 23.4. The molecule has 9 heteroatoms. The van der Waals surface area contributed by atoms with E-state index in [1.807, 2.05) is 60.7 Å². The quantitative estimate of drug-likeness (QED) is 0.183. The van der Waals surface area contributed by atoms with Crippen molar-refractivity contribution in [3.63, 3.8) is 0 Å². The minimum absolute atomic E-state index is 0.0308. The molecular formula is C34H30N2O6S. The first kappa shape index (κ1) is 28.8. The van der Waals surface area contributed by atoms with Crippen molar-refractivity contribution in [1.82, 2.24) is 0 Å². The van der Waals surface area contributed by atoms with E-state index in [0.29, 0.717) is 29.0 Å². The average molecular weight is 595 g/mol. The van der Waals surface area contributed by atoms with Gasteiger partial charge in [-0.25, -0.2) is 4.90 Å². The van der Waals surface area contributed by atoms with Gasteiger partial charge >= 0.3 is 0 Å². The van der Waals surface area contributed by atoms with E-state index in [1.165, 1.54) is 11.8 Å². The standard InChI is InChI=1S/C34H30N2O6S/c1-21(38)35-25-12-16-28(17-13-25)43-20-27-18-31(23-8-6-22(19-37)7-9-23)42-34(41-27)24-10-14-26(15-11-24)36-32(39)29-4-2-3-5-30(29)33(36)40/h2-17,27,31,34,37H,18-20H2,1H3,(H,35,38)/t27-,31+,34+/m1/s1. The second-order valence-corrected chi connectivity index (χ2v) is 11.5. The Kier molecular flexibility index (Phi) is 8.40. The predicted octanol–water partition coefficient (Wildman–Crippen LogP) is 6.28. The lowest BCUT2D eigenvalue weighted by molar-refractivity contribution is -0.245. The van der Waals surface area contributed by atoms with Crippen molar-refractivity contribution in [2.45, 2.75) is 43.3 Å². The van der Waals surface area contributed by atoms with Gasteiger partial charge < -0.3 is 19.9 Å². The van der Waals surface area contributed by atoms with Crippen molar-refractivity contribution in [2.24, 2.45) is 0 Å². The number of carbonyl (C=O) groups is 3. The smallest absolute Gasteiger partial charge is 0.266 e. The lowest BCUT2D eigenvalue weighted by atomic mass is 10.0. The molecule has 2 heterocycles. The first-order chi connectivity index (χ1) is 20.9. The maximum absolute atomic E-state index is 13.0. The fourth-order valence-electron chi connectivity index (χ4n) is 5.25. The molecule has 1 fully saturated rings. The highest BCUT2D eigenvalue weighted by molar-refractivity contribution is 7.99. The third-order valence-corrected chi connectivity index (χ3v) is 8.59. The fourth-order valence-corrected chi connectivity index (χ4v) is 6.18. The van der Waals surface area contributed by atoms with Crippen molar-refractivity contribution in [3.05, 3.63) is 125 Å². The summed E-state index contributed by atoms with van der Waals surface area (Å²) < 4.78 is 12.9. The molecule has 0 bridgehead atoms. The van der Waals surface area contributed by atoms with Crippen LogP contribution in [0.4, 0.5) is 11.4 Å². The Morgan fingerprint density at radius 3 is 2.09 bits per heavy atom. The van der Waals surface area contributed by atoms with E-state index in [4.69, 9.17) is 9.47 Å². The molecule has 2 aliphatic rings. The van der Waals surface area contributed by atoms with E-state index >= 15 is 0 Å². The first-order valence-electron chi connectivity index (χ1n) is 14.0. The number of nitrogens with zero attached hydrogens (tertiary/aromatic N) is 1. The Morgan fingerprint density at radius 2 is 1.49 bits per heavy atom. The molecule has 1 saturated heterocycles. The van der Waals surface area contributed by atoms with Gasteiger partial charge in [-0.3, -0.25) is 14.4 Å². The first-order valence-corrected chi connectivity index (χ1v) is 15.0. The van der Waals surface area contributed by atoms with Crippen LogP contribution in [0.2, 0.25) is 0 Å². The Labute approximate surface area is 253 Å². The molecule has 0 saturated carbocycles. The highest BCUT2D eigenvalue weighted by Crippen LogP contribution is 2.40. The molecule has 218 valence electrons. The Morgan fingerprint density at radius 1 is 0.860 bits per heavy atom. The molecule has 2 N–H and O–H groups in total. The number of aliphatic hydroxyl groups excluding tert-OH is 1. The van der Waals surface area contributed by atoms with E-state index in [-0.39, 0.29) is 36.5 Å². The number of nitrogens with one attached hydrogen (secondary N) is 1. The Balaban J connectivity index is 1.20. The molecular weight excluding hydrogens is 564 g/mol. The topological polar surface area (TPSA) is 105 Å². The van der Waals surface area contributed by atoms with Crippen molar-refractivity contribution < 1.29 is 29.0 Å². The highest BCUT2D eigenvalue weighted by Gasteiger charge is 2.37. The van der Waals surface area contributed by atoms with Crippen LogP contribution >= 0.6 is 11.8 Å². The molecule has 0 aliphatic carbocycles. The van der Waals surface area contributed by atoms with Gasteiger partial charge in [0.2, 0.25) is 5.91 Å². The van der Waals surface area contributed by atoms with Crippen LogP contribution in [0.1, 0.15) is 63.1 Å². The number of hydrogen-bond donors (Lipinski definition) is 2. The molecule has 0 aromatic heterocycles. The fraction of sp³-hybridized carbons (Fsp3) is 0.206. The number of thioether (sulfide) groups is 1. The molecule has 0 radical (unpaired) electrons. The summed E-state index contributed by atoms with van der Waals surface area (Å²) in [5.74, 6) is -0.117. The van der Waals surface area contributed by atoms with Crippen LogP contribution in [0.5, 0.6) is 0 Å². The van der Waals surface area contributed by atoms with Crippen LogP contribution in [-0.2, 0) is 20.9 Å². The molecule has 0 spiro atoms. The molecule has 4 aromatic rings. The van der Waals surface area contributed by atoms with Crippen molar-refractivity contribution >= 4 is 40.9 Å². The number of anilines is 2. The molecule has 6 rings (SSSR count). The van der Waals surface area contributed by atoms with Crippen LogP contribution in [-0.4, -0.2) is 34.7 Å². The van der Waals surface area contributed by atoms with E-state index in [2.05, 4.69) is 5.32 Å². The Hall–Kier alpha value is -4.28. The number of rotatable bonds is 8. The summed E-state index contributed by atoms with van der Waals surface area (Å²) in [4.78, 5) is 39.5. The van der Waals surface area contributed by atoms with Gasteiger partial charge in [-0.05, 0) is 59.7 Å². The number of fused-ring (bicyclic) bond motifs is 1. The monoisotopic (exact) mass is 594 g/mol. The summed E-state index contributed by atoms with van der Waals surface area (Å²) >= 11 is 1.66. The third-order valence-electron chi connectivity index (χ3n) is 7.44. The summed E-state index contributed by atoms with van der Waals surface area (Å²) in [6, 6.07) is 29.3. The second kappa shape index (κ2) is 12.5. The number of carbonyl (C=O) groups excluding carboxylic acids is 3. The van der Waals surface area contributed by atoms with Gasteiger partial charge in [0.25, 0.3) is 11.8 Å². The van der Waals surface area contributed by atoms with E-state index in [0.717, 1.165) is 27.3 Å². The second-order valence-electron chi connectivity index (χ2n) is 10.4. The lowest BCUT2D eigenvalue weighted by Crippen LogP contribution is -2.31. The normalized spacial score (nSPS) is 19.8. The maximum atomic E-state index is 13.0. The number of ether oxygens (including phenoxy) is 2. The molecule has 2 aliphatic heterocycles. The number of benzene rings is 4. The molecule has 43 heavy (non-hydrogen) atoms. The third kappa shape index (κ3) is 6.25. The van der Waals surface area contributed by atoms with E-state index in [1.54, 1.807) is 48.2 Å². The van der Waals surface area contributed by atoms with Crippen molar-refractivity contribution in [2.75, 3.05) is 16.0 Å². The van der Waals surface area contributed by atoms with Crippen LogP contribution in [0.3, 0.4) is 0 Å². The van der Waals surface area contributed by atoms with Gasteiger partial charge in [-0.1, -0.05) is 48.5 Å². The van der Waals surface area contributed by atoms with Gasteiger partial charge in [-0.2, -0.15) is 0 Å². The van der Waals surface area contributed by atoms with Crippen LogP contribution < -0.4 is 10.2 Å². The van der Waals surface area contributed by atoms with Crippen molar-refractivity contribution in [3.8, 4) is 0 Å². The van der Waals surface area contributed by atoms with Gasteiger partial charge in [0.15, 0.2) is 6.29 Å². The summed E-state index contributed by atoms with van der Waals surface area (Å²) in [7, 11) is 0. The van der Waals surface area contributed by atoms with Crippen LogP contribution in [0, 0.1) is 0 Å². The number of hydrogen-bond acceptors (Lipinski definition) is 7. The van der Waals surface area contributed by atoms with E-state index < -0.39 is 6.29 Å². The molecule has 3 atom stereocenters. The molecule has 0 unspecified atom stereocenters. The largest absolute Gasteiger partial charge is 0.392 e. The summed E-state index contributed by atoms with van der Waals surface area (Å²) in [5, 5.41) is 12.3. The average Bonchev–Trinajstić information content (AvgIpc) is 3.29. The lowest BCUT2D eigenvalue weighted by Gasteiger charge is -2.36. The van der Waals surface area contributed by atoms with Gasteiger partial charge in [0.1, 0.15) is 0 Å². The zero-order chi connectivity index (χ0) is 29.9. The van der Waals surface area contributed by atoms with Gasteiger partial charge in [0.05, 0.1) is 35.6 Å². The van der Waals surface area contributed by atoms with Crippen LogP contribution in [0.25, 0.3) is 0 Å². The highest BCUT2D eigenvalue weighted by atomic mass is 32.2. The number of aliphatic hydroxyl groups is 1. The summed E-state index contributed by atoms with van der Waals surface area (Å²) in [5.41, 5.74) is 4.61. The Bertz CT molecular complexity index is 1600. The molecule has 4 aromatic carbocycles. The number of amides is 3. The summed E-state index contributed by atoms with van der Waals surface area (Å²) in [6.45, 7) is 1.45. The van der Waals surface area contributed by atoms with Crippen LogP contribution in [0.15, 0.2) is 102 Å². The van der Waals surface area contributed by atoms with Gasteiger partial charge in [0, 0.05) is 35.2 Å². The van der Waals surface area contributed by atoms with Crippen molar-refractivity contribution in [1.29, 1.82) is 0 Å². The minimum Gasteiger partial charge on any atom is -0.392 e. The zero-order valence-corrected chi connectivity index (χ0v) is 24.3.